The Kier molecular flexibility index (Phi) is 4.55. The molecule has 2 nitrogen and oxygen atoms in total. The van der Waals surface area contributed by atoms with E-state index in [9.17, 15) is 0 Å². The molecule has 0 amide bonds. The topological polar surface area (TPSA) is 21.3 Å². The molecule has 1 N–H and O–H groups in total. The third-order valence-corrected chi connectivity index (χ3v) is 4.10. The van der Waals surface area contributed by atoms with Gasteiger partial charge in [-0.05, 0) is 43.7 Å². The Morgan fingerprint density at radius 3 is 2.75 bits per heavy atom. The van der Waals surface area contributed by atoms with Crippen LogP contribution >= 0.6 is 11.8 Å². The van der Waals surface area contributed by atoms with Crippen LogP contribution in [0.15, 0.2) is 29.2 Å². The predicted molar refractivity (Wildman–Crippen MR) is 69.4 cm³/mol. The first-order valence-electron chi connectivity index (χ1n) is 5.89. The van der Waals surface area contributed by atoms with Gasteiger partial charge in [0.2, 0.25) is 0 Å². The summed E-state index contributed by atoms with van der Waals surface area (Å²) in [5, 5.41) is 3.57. The van der Waals surface area contributed by atoms with Gasteiger partial charge in [-0.25, -0.2) is 0 Å². The van der Waals surface area contributed by atoms with Crippen molar-refractivity contribution < 1.29 is 4.74 Å². The van der Waals surface area contributed by atoms with Crippen LogP contribution in [0, 0.1) is 0 Å². The van der Waals surface area contributed by atoms with Gasteiger partial charge < -0.3 is 10.1 Å². The van der Waals surface area contributed by atoms with Crippen molar-refractivity contribution in [1.82, 2.24) is 5.32 Å². The molecule has 0 aromatic heterocycles. The van der Waals surface area contributed by atoms with E-state index in [4.69, 9.17) is 4.74 Å². The van der Waals surface area contributed by atoms with Crippen molar-refractivity contribution in [2.45, 2.75) is 30.2 Å². The molecule has 0 aliphatic carbocycles. The van der Waals surface area contributed by atoms with Crippen LogP contribution in [0.2, 0.25) is 0 Å². The van der Waals surface area contributed by atoms with E-state index < -0.39 is 0 Å². The van der Waals surface area contributed by atoms with Crippen LogP contribution in [-0.2, 0) is 0 Å². The predicted octanol–water partition coefficient (Wildman–Crippen LogP) is 2.93. The zero-order valence-electron chi connectivity index (χ0n) is 9.74. The molecule has 1 aliphatic rings. The second-order valence-electron chi connectivity index (χ2n) is 4.13. The van der Waals surface area contributed by atoms with Crippen LogP contribution < -0.4 is 10.1 Å². The highest BCUT2D eigenvalue weighted by molar-refractivity contribution is 7.99. The molecule has 1 aromatic rings. The summed E-state index contributed by atoms with van der Waals surface area (Å²) in [4.78, 5) is 1.33. The fourth-order valence-corrected chi connectivity index (χ4v) is 2.94. The number of benzene rings is 1. The van der Waals surface area contributed by atoms with Gasteiger partial charge in [0.25, 0.3) is 0 Å². The number of ether oxygens (including phenoxy) is 1. The Hall–Kier alpha value is -0.670. The molecule has 3 heteroatoms. The molecule has 0 bridgehead atoms. The van der Waals surface area contributed by atoms with Crippen molar-refractivity contribution in [3.05, 3.63) is 24.3 Å². The van der Waals surface area contributed by atoms with Gasteiger partial charge in [0, 0.05) is 16.7 Å². The van der Waals surface area contributed by atoms with Crippen LogP contribution in [0.3, 0.4) is 0 Å². The molecular formula is C13H19NOS. The maximum atomic E-state index is 5.14. The van der Waals surface area contributed by atoms with E-state index >= 15 is 0 Å². The van der Waals surface area contributed by atoms with E-state index in [1.54, 1.807) is 7.11 Å². The van der Waals surface area contributed by atoms with Crippen molar-refractivity contribution in [1.29, 1.82) is 0 Å². The normalized spacial score (nSPS) is 20.7. The molecule has 2 rings (SSSR count). The number of methoxy groups -OCH3 is 1. The first kappa shape index (κ1) is 11.8. The number of thioether (sulfide) groups is 1. The monoisotopic (exact) mass is 237 g/mol. The highest BCUT2D eigenvalue weighted by Gasteiger charge is 2.12. The second kappa shape index (κ2) is 6.16. The van der Waals surface area contributed by atoms with Gasteiger partial charge in [-0.15, -0.1) is 11.8 Å². The van der Waals surface area contributed by atoms with E-state index in [1.807, 2.05) is 23.9 Å². The lowest BCUT2D eigenvalue weighted by Gasteiger charge is -2.22. The summed E-state index contributed by atoms with van der Waals surface area (Å²) in [7, 11) is 1.70. The molecule has 0 saturated carbocycles. The summed E-state index contributed by atoms with van der Waals surface area (Å²) in [6.45, 7) is 1.19. The zero-order valence-corrected chi connectivity index (χ0v) is 10.6. The molecule has 1 unspecified atom stereocenters. The number of piperidine rings is 1. The molecule has 1 heterocycles. The van der Waals surface area contributed by atoms with Gasteiger partial charge >= 0.3 is 0 Å². The van der Waals surface area contributed by atoms with Gasteiger partial charge in [-0.2, -0.15) is 0 Å². The molecule has 1 saturated heterocycles. The standard InChI is InChI=1S/C13H19NOS/c1-15-12-5-7-13(8-6-12)16-10-11-4-2-3-9-14-11/h5-8,11,14H,2-4,9-10H2,1H3. The van der Waals surface area contributed by atoms with Crippen molar-refractivity contribution in [2.24, 2.45) is 0 Å². The van der Waals surface area contributed by atoms with Crippen LogP contribution in [0.1, 0.15) is 19.3 Å². The number of rotatable bonds is 4. The fourth-order valence-electron chi connectivity index (χ4n) is 1.94. The van der Waals surface area contributed by atoms with Gasteiger partial charge in [0.05, 0.1) is 7.11 Å². The molecule has 16 heavy (non-hydrogen) atoms. The molecule has 1 fully saturated rings. The summed E-state index contributed by atoms with van der Waals surface area (Å²) in [5.74, 6) is 2.10. The van der Waals surface area contributed by atoms with E-state index in [1.165, 1.54) is 36.5 Å². The summed E-state index contributed by atoms with van der Waals surface area (Å²) in [6.07, 6.45) is 4.04. The summed E-state index contributed by atoms with van der Waals surface area (Å²) in [5.41, 5.74) is 0. The van der Waals surface area contributed by atoms with Crippen LogP contribution in [0.4, 0.5) is 0 Å². The largest absolute Gasteiger partial charge is 0.497 e. The van der Waals surface area contributed by atoms with Gasteiger partial charge in [0.15, 0.2) is 0 Å². The van der Waals surface area contributed by atoms with Crippen LogP contribution in [0.5, 0.6) is 5.75 Å². The Labute approximate surface area is 102 Å². The number of hydrogen-bond acceptors (Lipinski definition) is 3. The highest BCUT2D eigenvalue weighted by Crippen LogP contribution is 2.23. The van der Waals surface area contributed by atoms with Gasteiger partial charge in [-0.1, -0.05) is 6.42 Å². The van der Waals surface area contributed by atoms with E-state index in [2.05, 4.69) is 17.4 Å². The maximum Gasteiger partial charge on any atom is 0.118 e. The third kappa shape index (κ3) is 3.42. The number of hydrogen-bond donors (Lipinski definition) is 1. The van der Waals surface area contributed by atoms with Crippen LogP contribution in [-0.4, -0.2) is 25.4 Å². The Bertz CT molecular complexity index is 306. The average molecular weight is 237 g/mol. The van der Waals surface area contributed by atoms with Crippen LogP contribution in [0.25, 0.3) is 0 Å². The lowest BCUT2D eigenvalue weighted by Crippen LogP contribution is -2.35. The van der Waals surface area contributed by atoms with Crippen molar-refractivity contribution in [3.63, 3.8) is 0 Å². The van der Waals surface area contributed by atoms with Crippen molar-refractivity contribution in [2.75, 3.05) is 19.4 Å². The van der Waals surface area contributed by atoms with E-state index in [0.717, 1.165) is 5.75 Å². The Morgan fingerprint density at radius 1 is 1.31 bits per heavy atom. The molecule has 1 atom stereocenters. The number of nitrogens with one attached hydrogen (secondary N) is 1. The average Bonchev–Trinajstić information content (AvgIpc) is 2.38. The summed E-state index contributed by atoms with van der Waals surface area (Å²) < 4.78 is 5.14. The smallest absolute Gasteiger partial charge is 0.118 e. The van der Waals surface area contributed by atoms with E-state index in [-0.39, 0.29) is 0 Å². The molecule has 0 radical (unpaired) electrons. The second-order valence-corrected chi connectivity index (χ2v) is 5.23. The molecule has 1 aromatic carbocycles. The third-order valence-electron chi connectivity index (χ3n) is 2.92. The molecular weight excluding hydrogens is 218 g/mol. The lowest BCUT2D eigenvalue weighted by atomic mass is 10.1. The SMILES string of the molecule is COc1ccc(SCC2CCCCN2)cc1. The Morgan fingerprint density at radius 2 is 2.12 bits per heavy atom. The molecule has 1 aliphatic heterocycles. The van der Waals surface area contributed by atoms with Crippen molar-refractivity contribution in [3.8, 4) is 5.75 Å². The minimum atomic E-state index is 0.695. The first-order chi connectivity index (χ1) is 7.88. The lowest BCUT2D eigenvalue weighted by molar-refractivity contribution is 0.414. The Balaban J connectivity index is 1.79. The first-order valence-corrected chi connectivity index (χ1v) is 6.87. The van der Waals surface area contributed by atoms with Gasteiger partial charge in [0.1, 0.15) is 5.75 Å². The fraction of sp³-hybridized carbons (Fsp3) is 0.538. The maximum absolute atomic E-state index is 5.14. The van der Waals surface area contributed by atoms with E-state index in [0.29, 0.717) is 6.04 Å². The minimum absolute atomic E-state index is 0.695. The van der Waals surface area contributed by atoms with Gasteiger partial charge in [-0.3, -0.25) is 0 Å². The molecule has 0 spiro atoms. The summed E-state index contributed by atoms with van der Waals surface area (Å²) in [6, 6.07) is 9.01. The summed E-state index contributed by atoms with van der Waals surface area (Å²) >= 11 is 1.93. The molecule has 88 valence electrons. The quantitative estimate of drug-likeness (QED) is 0.814. The van der Waals surface area contributed by atoms with Crippen molar-refractivity contribution >= 4 is 11.8 Å². The zero-order chi connectivity index (χ0) is 11.2. The minimum Gasteiger partial charge on any atom is -0.497 e. The highest BCUT2D eigenvalue weighted by atomic mass is 32.2.